The number of oxazole rings is 1. The van der Waals surface area contributed by atoms with Crippen LogP contribution in [0.25, 0.3) is 21.0 Å². The number of carbonyl (C=O) groups is 1. The highest BCUT2D eigenvalue weighted by atomic mass is 32.1. The molecule has 0 unspecified atom stereocenters. The maximum absolute atomic E-state index is 14.0. The van der Waals surface area contributed by atoms with E-state index in [1.165, 1.54) is 55.1 Å². The number of ether oxygens (including phenoxy) is 1. The number of aliphatic carboxylic acids is 1. The van der Waals surface area contributed by atoms with Crippen LogP contribution >= 0.6 is 11.3 Å². The summed E-state index contributed by atoms with van der Waals surface area (Å²) in [5, 5.41) is 10.1. The third kappa shape index (κ3) is 4.65. The van der Waals surface area contributed by atoms with Crippen LogP contribution in [0.4, 0.5) is 4.39 Å². The van der Waals surface area contributed by atoms with Crippen LogP contribution in [0.15, 0.2) is 81.1 Å². The van der Waals surface area contributed by atoms with Gasteiger partial charge in [-0.2, -0.15) is 0 Å². The number of aromatic nitrogens is 3. The first-order valence-corrected chi connectivity index (χ1v) is 12.8. The smallest absolute Gasteiger partial charge is 0.333 e. The highest BCUT2D eigenvalue weighted by Crippen LogP contribution is 2.36. The number of benzene rings is 2. The van der Waals surface area contributed by atoms with Gasteiger partial charge in [-0.15, -0.1) is 11.3 Å². The molecule has 0 amide bonds. The molecule has 0 spiro atoms. The fourth-order valence-electron chi connectivity index (χ4n) is 4.36. The number of halogens is 1. The van der Waals surface area contributed by atoms with Gasteiger partial charge in [0.25, 0.3) is 5.56 Å². The lowest BCUT2D eigenvalue weighted by molar-refractivity contribution is -0.146. The lowest BCUT2D eigenvalue weighted by Gasteiger charge is -2.25. The van der Waals surface area contributed by atoms with Gasteiger partial charge in [-0.1, -0.05) is 30.3 Å². The largest absolute Gasteiger partial charge is 0.484 e. The van der Waals surface area contributed by atoms with Gasteiger partial charge in [0, 0.05) is 0 Å². The molecule has 0 aliphatic carbocycles. The topological polar surface area (TPSA) is 117 Å². The summed E-state index contributed by atoms with van der Waals surface area (Å²) in [6.45, 7) is 4.23. The van der Waals surface area contributed by atoms with Gasteiger partial charge in [0.1, 0.15) is 34.3 Å². The Morgan fingerprint density at radius 2 is 1.85 bits per heavy atom. The van der Waals surface area contributed by atoms with Gasteiger partial charge in [0.05, 0.1) is 23.0 Å². The number of thiophene rings is 1. The summed E-state index contributed by atoms with van der Waals surface area (Å²) >= 11 is 1.15. The zero-order valence-electron chi connectivity index (χ0n) is 21.3. The number of fused-ring (bicyclic) bond motifs is 1. The summed E-state index contributed by atoms with van der Waals surface area (Å²) < 4.78 is 27.3. The molecule has 11 heteroatoms. The van der Waals surface area contributed by atoms with E-state index in [0.717, 1.165) is 21.5 Å². The Morgan fingerprint density at radius 3 is 2.46 bits per heavy atom. The molecule has 9 nitrogen and oxygen atoms in total. The molecule has 5 aromatic rings. The molecule has 0 bridgehead atoms. The second-order valence-electron chi connectivity index (χ2n) is 9.44. The van der Waals surface area contributed by atoms with E-state index in [-0.39, 0.29) is 17.8 Å². The molecule has 2 aromatic carbocycles. The number of carboxylic acid groups (broad SMARTS) is 1. The molecule has 0 aliphatic heterocycles. The number of carboxylic acids is 1. The Hall–Kier alpha value is -4.51. The van der Waals surface area contributed by atoms with E-state index in [2.05, 4.69) is 4.98 Å². The zero-order valence-corrected chi connectivity index (χ0v) is 22.1. The first-order valence-electron chi connectivity index (χ1n) is 12.0. The van der Waals surface area contributed by atoms with E-state index in [1.807, 2.05) is 30.3 Å². The quantitative estimate of drug-likeness (QED) is 0.291. The first-order chi connectivity index (χ1) is 18.6. The minimum absolute atomic E-state index is 0.0717. The van der Waals surface area contributed by atoms with Crippen LogP contribution in [0.1, 0.15) is 31.1 Å². The van der Waals surface area contributed by atoms with E-state index in [1.54, 1.807) is 6.92 Å². The second kappa shape index (κ2) is 9.99. The van der Waals surface area contributed by atoms with Gasteiger partial charge in [0.15, 0.2) is 0 Å². The maximum atomic E-state index is 14.0. The van der Waals surface area contributed by atoms with E-state index >= 15 is 0 Å². The molecule has 5 rings (SSSR count). The monoisotopic (exact) mass is 549 g/mol. The van der Waals surface area contributed by atoms with Crippen molar-refractivity contribution < 1.29 is 23.4 Å². The molecule has 0 aliphatic rings. The summed E-state index contributed by atoms with van der Waals surface area (Å²) in [5.41, 5.74) is -2.13. The predicted molar refractivity (Wildman–Crippen MR) is 144 cm³/mol. The Bertz CT molecular complexity index is 1770. The van der Waals surface area contributed by atoms with Crippen LogP contribution in [-0.4, -0.2) is 25.2 Å². The fraction of sp³-hybridized carbons (Fsp3) is 0.214. The van der Waals surface area contributed by atoms with Crippen LogP contribution in [-0.2, 0) is 16.9 Å². The Balaban J connectivity index is 1.77. The minimum atomic E-state index is -1.85. The Morgan fingerprint density at radius 1 is 1.15 bits per heavy atom. The molecular formula is C28H24FN3O6S. The Labute approximate surface area is 225 Å². The van der Waals surface area contributed by atoms with Crippen LogP contribution in [0.3, 0.4) is 0 Å². The molecule has 200 valence electrons. The average molecular weight is 550 g/mol. The predicted octanol–water partition coefficient (Wildman–Crippen LogP) is 4.97. The SMILES string of the molecule is Cc1c(-c2ncco2)sc2c1c(=O)n(C(C)(C)C(=O)O)c(=O)n2C[C@H](Oc1ccc(F)cc1)c1ccccc1. The normalized spacial score (nSPS) is 12.5. The van der Waals surface area contributed by atoms with Crippen LogP contribution in [0.5, 0.6) is 5.75 Å². The third-order valence-electron chi connectivity index (χ3n) is 6.53. The van der Waals surface area contributed by atoms with Crippen molar-refractivity contribution in [1.29, 1.82) is 0 Å². The summed E-state index contributed by atoms with van der Waals surface area (Å²) in [6.07, 6.45) is 2.13. The van der Waals surface area contributed by atoms with Crippen molar-refractivity contribution in [3.05, 3.63) is 105 Å². The van der Waals surface area contributed by atoms with Crippen molar-refractivity contribution in [1.82, 2.24) is 14.1 Å². The van der Waals surface area contributed by atoms with Crippen molar-refractivity contribution in [2.75, 3.05) is 0 Å². The molecule has 3 aromatic heterocycles. The number of nitrogens with zero attached hydrogens (tertiary/aromatic N) is 3. The van der Waals surface area contributed by atoms with Crippen molar-refractivity contribution in [3.63, 3.8) is 0 Å². The lowest BCUT2D eigenvalue weighted by Crippen LogP contribution is -2.52. The molecule has 1 atom stereocenters. The van der Waals surface area contributed by atoms with E-state index in [9.17, 15) is 23.9 Å². The highest BCUT2D eigenvalue weighted by molar-refractivity contribution is 7.22. The molecule has 0 saturated carbocycles. The summed E-state index contributed by atoms with van der Waals surface area (Å²) in [6, 6.07) is 14.6. The average Bonchev–Trinajstić information content (AvgIpc) is 3.55. The summed E-state index contributed by atoms with van der Waals surface area (Å²) in [7, 11) is 0. The highest BCUT2D eigenvalue weighted by Gasteiger charge is 2.36. The van der Waals surface area contributed by atoms with Crippen molar-refractivity contribution in [3.8, 4) is 16.5 Å². The fourth-order valence-corrected chi connectivity index (χ4v) is 5.60. The van der Waals surface area contributed by atoms with E-state index < -0.39 is 34.7 Å². The number of hydrogen-bond donors (Lipinski definition) is 1. The standard InChI is InChI=1S/C28H24FN3O6S/c1-16-21-24(33)32(28(2,3)26(34)35)27(36)31(25(21)39-22(16)23-30-13-14-37-23)15-20(17-7-5-4-6-8-17)38-19-11-9-18(29)10-12-19/h4-14,20H,15H2,1-3H3,(H,34,35)/t20-/m0/s1. The van der Waals surface area contributed by atoms with E-state index in [0.29, 0.717) is 21.0 Å². The van der Waals surface area contributed by atoms with Gasteiger partial charge >= 0.3 is 11.7 Å². The van der Waals surface area contributed by atoms with Gasteiger partial charge in [-0.3, -0.25) is 9.36 Å². The molecule has 0 radical (unpaired) electrons. The van der Waals surface area contributed by atoms with Gasteiger partial charge in [0.2, 0.25) is 5.89 Å². The second-order valence-corrected chi connectivity index (χ2v) is 10.4. The van der Waals surface area contributed by atoms with Gasteiger partial charge < -0.3 is 14.3 Å². The van der Waals surface area contributed by atoms with Crippen LogP contribution in [0, 0.1) is 12.7 Å². The van der Waals surface area contributed by atoms with E-state index in [4.69, 9.17) is 9.15 Å². The molecule has 39 heavy (non-hydrogen) atoms. The van der Waals surface area contributed by atoms with Crippen LogP contribution in [0.2, 0.25) is 0 Å². The van der Waals surface area contributed by atoms with Gasteiger partial charge in [-0.05, 0) is 56.2 Å². The summed E-state index contributed by atoms with van der Waals surface area (Å²) in [5.74, 6) is -1.11. The summed E-state index contributed by atoms with van der Waals surface area (Å²) in [4.78, 5) is 44.9. The molecule has 0 saturated heterocycles. The number of hydrogen-bond acceptors (Lipinski definition) is 7. The van der Waals surface area contributed by atoms with Gasteiger partial charge in [-0.25, -0.2) is 23.5 Å². The molecule has 3 heterocycles. The Kier molecular flexibility index (Phi) is 6.69. The number of aryl methyl sites for hydroxylation is 1. The maximum Gasteiger partial charge on any atom is 0.333 e. The van der Waals surface area contributed by atoms with Crippen molar-refractivity contribution in [2.24, 2.45) is 0 Å². The van der Waals surface area contributed by atoms with Crippen molar-refractivity contribution >= 4 is 27.5 Å². The molecule has 1 N–H and O–H groups in total. The van der Waals surface area contributed by atoms with Crippen molar-refractivity contribution in [2.45, 2.75) is 39.0 Å². The third-order valence-corrected chi connectivity index (χ3v) is 7.84. The minimum Gasteiger partial charge on any atom is -0.484 e. The number of rotatable bonds is 8. The first kappa shape index (κ1) is 26.1. The van der Waals surface area contributed by atoms with Crippen LogP contribution < -0.4 is 16.0 Å². The molecule has 0 fully saturated rings. The lowest BCUT2D eigenvalue weighted by atomic mass is 10.1. The zero-order chi connectivity index (χ0) is 27.9. The molecular weight excluding hydrogens is 525 g/mol.